The van der Waals surface area contributed by atoms with Crippen LogP contribution in [-0.2, 0) is 4.74 Å². The van der Waals surface area contributed by atoms with Gasteiger partial charge in [0.2, 0.25) is 0 Å². The molecule has 2 aromatic rings. The number of nitrogens with one attached hydrogen (secondary N) is 1. The van der Waals surface area contributed by atoms with Gasteiger partial charge < -0.3 is 15.0 Å². The minimum absolute atomic E-state index is 0.307. The van der Waals surface area contributed by atoms with Crippen molar-refractivity contribution >= 4 is 29.0 Å². The molecule has 6 nitrogen and oxygen atoms in total. The first-order valence-corrected chi connectivity index (χ1v) is 7.75. The van der Waals surface area contributed by atoms with E-state index in [1.54, 1.807) is 25.1 Å². The minimum atomic E-state index is -0.307. The Hall–Kier alpha value is -2.18. The van der Waals surface area contributed by atoms with Crippen LogP contribution in [0.25, 0.3) is 0 Å². The average Bonchev–Trinajstić information content (AvgIpc) is 2.57. The molecule has 0 saturated carbocycles. The van der Waals surface area contributed by atoms with Crippen LogP contribution in [0.15, 0.2) is 30.3 Å². The Labute approximate surface area is 139 Å². The number of benzene rings is 1. The lowest BCUT2D eigenvalue weighted by Gasteiger charge is -2.28. The maximum atomic E-state index is 12.5. The number of halogens is 1. The molecule has 0 bridgehead atoms. The second-order valence-corrected chi connectivity index (χ2v) is 5.60. The molecule has 1 aromatic heterocycles. The number of amides is 1. The number of rotatable bonds is 3. The Bertz CT molecular complexity index is 717. The maximum Gasteiger partial charge on any atom is 0.274 e. The Kier molecular flexibility index (Phi) is 4.73. The van der Waals surface area contributed by atoms with Crippen molar-refractivity contribution in [3.05, 3.63) is 46.9 Å². The highest BCUT2D eigenvalue weighted by Crippen LogP contribution is 2.21. The number of carbonyl (C=O) groups is 1. The summed E-state index contributed by atoms with van der Waals surface area (Å²) in [4.78, 5) is 23.2. The smallest absolute Gasteiger partial charge is 0.274 e. The first kappa shape index (κ1) is 15.7. The largest absolute Gasteiger partial charge is 0.378 e. The maximum absolute atomic E-state index is 12.5. The molecule has 1 aliphatic heterocycles. The summed E-state index contributed by atoms with van der Waals surface area (Å²) in [6.07, 6.45) is 0. The van der Waals surface area contributed by atoms with E-state index < -0.39 is 0 Å². The molecule has 0 spiro atoms. The van der Waals surface area contributed by atoms with Crippen LogP contribution in [0.1, 0.15) is 16.3 Å². The fraction of sp³-hybridized carbons (Fsp3) is 0.312. The number of hydrogen-bond acceptors (Lipinski definition) is 5. The standard InChI is InChI=1S/C16H17ClN4O2/c1-11-18-14(10-15(19-11)21-6-8-23-9-7-21)16(22)20-13-5-3-2-4-12(13)17/h2-5,10H,6-9H2,1H3,(H,20,22). The Morgan fingerprint density at radius 1 is 1.26 bits per heavy atom. The van der Waals surface area contributed by atoms with Crippen molar-refractivity contribution in [2.45, 2.75) is 6.92 Å². The van der Waals surface area contributed by atoms with Gasteiger partial charge in [0.25, 0.3) is 5.91 Å². The van der Waals surface area contributed by atoms with Crippen LogP contribution in [0.2, 0.25) is 5.02 Å². The van der Waals surface area contributed by atoms with Crippen LogP contribution in [0.4, 0.5) is 11.5 Å². The number of carbonyl (C=O) groups excluding carboxylic acids is 1. The number of hydrogen-bond donors (Lipinski definition) is 1. The van der Waals surface area contributed by atoms with Gasteiger partial charge >= 0.3 is 0 Å². The lowest BCUT2D eigenvalue weighted by Crippen LogP contribution is -2.37. The molecule has 23 heavy (non-hydrogen) atoms. The first-order chi connectivity index (χ1) is 11.1. The van der Waals surface area contributed by atoms with E-state index in [-0.39, 0.29) is 5.91 Å². The highest BCUT2D eigenvalue weighted by Gasteiger charge is 2.17. The fourth-order valence-corrected chi connectivity index (χ4v) is 2.55. The number of anilines is 2. The second-order valence-electron chi connectivity index (χ2n) is 5.19. The van der Waals surface area contributed by atoms with E-state index in [1.807, 2.05) is 12.1 Å². The average molecular weight is 333 g/mol. The van der Waals surface area contributed by atoms with E-state index in [0.717, 1.165) is 18.9 Å². The molecule has 3 rings (SSSR count). The molecule has 0 aliphatic carbocycles. The first-order valence-electron chi connectivity index (χ1n) is 7.38. The number of morpholine rings is 1. The molecule has 1 saturated heterocycles. The molecule has 1 aliphatic rings. The zero-order valence-electron chi connectivity index (χ0n) is 12.8. The van der Waals surface area contributed by atoms with Crippen LogP contribution in [-0.4, -0.2) is 42.2 Å². The lowest BCUT2D eigenvalue weighted by molar-refractivity contribution is 0.102. The molecule has 0 atom stereocenters. The topological polar surface area (TPSA) is 67.4 Å². The van der Waals surface area contributed by atoms with Gasteiger partial charge in [-0.1, -0.05) is 23.7 Å². The Balaban J connectivity index is 1.83. The van der Waals surface area contributed by atoms with Gasteiger partial charge in [-0.25, -0.2) is 9.97 Å². The van der Waals surface area contributed by atoms with Crippen LogP contribution >= 0.6 is 11.6 Å². The zero-order chi connectivity index (χ0) is 16.2. The van der Waals surface area contributed by atoms with Gasteiger partial charge in [0.1, 0.15) is 17.3 Å². The zero-order valence-corrected chi connectivity index (χ0v) is 13.5. The molecule has 0 radical (unpaired) electrons. The summed E-state index contributed by atoms with van der Waals surface area (Å²) in [6, 6.07) is 8.79. The van der Waals surface area contributed by atoms with Crippen molar-refractivity contribution in [2.75, 3.05) is 36.5 Å². The predicted molar refractivity (Wildman–Crippen MR) is 89.2 cm³/mol. The molecule has 1 fully saturated rings. The van der Waals surface area contributed by atoms with Gasteiger partial charge in [0.15, 0.2) is 0 Å². The Morgan fingerprint density at radius 2 is 2.00 bits per heavy atom. The summed E-state index contributed by atoms with van der Waals surface area (Å²) >= 11 is 6.07. The molecular weight excluding hydrogens is 316 g/mol. The van der Waals surface area contributed by atoms with Crippen LogP contribution in [0, 0.1) is 6.92 Å². The van der Waals surface area contributed by atoms with E-state index in [4.69, 9.17) is 16.3 Å². The van der Waals surface area contributed by atoms with Gasteiger partial charge in [-0.15, -0.1) is 0 Å². The van der Waals surface area contributed by atoms with Gasteiger partial charge in [0.05, 0.1) is 23.9 Å². The van der Waals surface area contributed by atoms with E-state index in [2.05, 4.69) is 20.2 Å². The van der Waals surface area contributed by atoms with Gasteiger partial charge in [-0.3, -0.25) is 4.79 Å². The van der Waals surface area contributed by atoms with Crippen molar-refractivity contribution in [1.29, 1.82) is 0 Å². The highest BCUT2D eigenvalue weighted by atomic mass is 35.5. The monoisotopic (exact) mass is 332 g/mol. The number of para-hydroxylation sites is 1. The van der Waals surface area contributed by atoms with E-state index in [0.29, 0.717) is 35.4 Å². The molecule has 1 N–H and O–H groups in total. The van der Waals surface area contributed by atoms with Crippen LogP contribution in [0.3, 0.4) is 0 Å². The second kappa shape index (κ2) is 6.93. The molecule has 1 aromatic carbocycles. The van der Waals surface area contributed by atoms with E-state index in [1.165, 1.54) is 0 Å². The van der Waals surface area contributed by atoms with Gasteiger partial charge in [-0.05, 0) is 19.1 Å². The fourth-order valence-electron chi connectivity index (χ4n) is 2.37. The summed E-state index contributed by atoms with van der Waals surface area (Å²) in [5.41, 5.74) is 0.877. The van der Waals surface area contributed by atoms with Crippen LogP contribution in [0.5, 0.6) is 0 Å². The van der Waals surface area contributed by atoms with Gasteiger partial charge in [-0.2, -0.15) is 0 Å². The third kappa shape index (κ3) is 3.78. The summed E-state index contributed by atoms with van der Waals surface area (Å²) in [5, 5.41) is 3.27. The van der Waals surface area contributed by atoms with Crippen LogP contribution < -0.4 is 10.2 Å². The predicted octanol–water partition coefficient (Wildman–Crippen LogP) is 2.53. The minimum Gasteiger partial charge on any atom is -0.378 e. The Morgan fingerprint density at radius 3 is 2.74 bits per heavy atom. The summed E-state index contributed by atoms with van der Waals surface area (Å²) in [6.45, 7) is 4.59. The summed E-state index contributed by atoms with van der Waals surface area (Å²) < 4.78 is 5.34. The molecule has 1 amide bonds. The molecule has 120 valence electrons. The number of nitrogens with zero attached hydrogens (tertiary/aromatic N) is 3. The van der Waals surface area contributed by atoms with Crippen molar-refractivity contribution in [3.8, 4) is 0 Å². The summed E-state index contributed by atoms with van der Waals surface area (Å²) in [7, 11) is 0. The molecular formula is C16H17ClN4O2. The highest BCUT2D eigenvalue weighted by molar-refractivity contribution is 6.33. The molecule has 7 heteroatoms. The van der Waals surface area contributed by atoms with Gasteiger partial charge in [0, 0.05) is 19.2 Å². The molecule has 2 heterocycles. The quantitative estimate of drug-likeness (QED) is 0.935. The van der Waals surface area contributed by atoms with Crippen molar-refractivity contribution in [3.63, 3.8) is 0 Å². The number of aryl methyl sites for hydroxylation is 1. The van der Waals surface area contributed by atoms with Crippen molar-refractivity contribution in [1.82, 2.24) is 9.97 Å². The lowest BCUT2D eigenvalue weighted by atomic mass is 10.3. The summed E-state index contributed by atoms with van der Waals surface area (Å²) in [5.74, 6) is 0.988. The van der Waals surface area contributed by atoms with Crippen molar-refractivity contribution in [2.24, 2.45) is 0 Å². The van der Waals surface area contributed by atoms with E-state index >= 15 is 0 Å². The number of ether oxygens (including phenoxy) is 1. The third-order valence-electron chi connectivity index (χ3n) is 3.51. The molecule has 0 unspecified atom stereocenters. The SMILES string of the molecule is Cc1nc(C(=O)Nc2ccccc2Cl)cc(N2CCOCC2)n1. The van der Waals surface area contributed by atoms with E-state index in [9.17, 15) is 4.79 Å². The normalized spacial score (nSPS) is 14.6. The third-order valence-corrected chi connectivity index (χ3v) is 3.84. The number of aromatic nitrogens is 2. The van der Waals surface area contributed by atoms with Crippen molar-refractivity contribution < 1.29 is 9.53 Å².